The van der Waals surface area contributed by atoms with Crippen LogP contribution in [0.4, 0.5) is 5.69 Å². The largest absolute Gasteiger partial charge is 0.365 e. The number of halogens is 1. The Bertz CT molecular complexity index is 524. The molecule has 1 aliphatic heterocycles. The molecular weight excluding hydrogens is 234 g/mol. The van der Waals surface area contributed by atoms with Gasteiger partial charge in [0.05, 0.1) is 12.2 Å². The molecule has 1 aromatic heterocycles. The van der Waals surface area contributed by atoms with Crippen LogP contribution in [0.5, 0.6) is 0 Å². The highest BCUT2D eigenvalue weighted by Gasteiger charge is 2.18. The molecule has 2 aromatic rings. The highest BCUT2D eigenvalue weighted by molar-refractivity contribution is 6.29. The van der Waals surface area contributed by atoms with Gasteiger partial charge in [-0.05, 0) is 30.2 Å². The third kappa shape index (κ3) is 2.11. The molecule has 0 saturated heterocycles. The van der Waals surface area contributed by atoms with Crippen LogP contribution in [-0.4, -0.2) is 16.7 Å². The molecule has 1 aromatic carbocycles. The average molecular weight is 246 g/mol. The summed E-state index contributed by atoms with van der Waals surface area (Å²) in [7, 11) is 0. The van der Waals surface area contributed by atoms with Gasteiger partial charge in [-0.1, -0.05) is 29.8 Å². The first kappa shape index (κ1) is 10.5. The number of hydrogen-bond donors (Lipinski definition) is 0. The Morgan fingerprint density at radius 3 is 2.82 bits per heavy atom. The number of hydrogen-bond acceptors (Lipinski definition) is 3. The van der Waals surface area contributed by atoms with E-state index in [0.717, 1.165) is 25.2 Å². The fraction of sp³-hybridized carbons (Fsp3) is 0.231. The summed E-state index contributed by atoms with van der Waals surface area (Å²) in [5.74, 6) is 0. The standard InChI is InChI=1S/C13H12ClN3/c14-13-6-5-11(15-16-13)9-17-8-7-10-3-1-2-4-12(10)17/h1-6H,7-9H2. The van der Waals surface area contributed by atoms with Crippen molar-refractivity contribution in [3.63, 3.8) is 0 Å². The molecule has 0 spiro atoms. The third-order valence-electron chi connectivity index (χ3n) is 3.02. The minimum atomic E-state index is 0.440. The predicted octanol–water partition coefficient (Wildman–Crippen LogP) is 2.69. The van der Waals surface area contributed by atoms with Crippen LogP contribution in [0.25, 0.3) is 0 Å². The molecule has 1 aliphatic rings. The topological polar surface area (TPSA) is 29.0 Å². The molecule has 0 aliphatic carbocycles. The SMILES string of the molecule is Clc1ccc(CN2CCc3ccccc32)nn1. The highest BCUT2D eigenvalue weighted by Crippen LogP contribution is 2.28. The molecule has 3 rings (SSSR count). The van der Waals surface area contributed by atoms with E-state index in [1.54, 1.807) is 6.07 Å². The second kappa shape index (κ2) is 4.34. The van der Waals surface area contributed by atoms with Crippen molar-refractivity contribution in [3.8, 4) is 0 Å². The molecular formula is C13H12ClN3. The van der Waals surface area contributed by atoms with Crippen LogP contribution in [0.2, 0.25) is 5.15 Å². The maximum absolute atomic E-state index is 5.72. The van der Waals surface area contributed by atoms with Gasteiger partial charge in [-0.15, -0.1) is 5.10 Å². The van der Waals surface area contributed by atoms with Crippen molar-refractivity contribution in [2.75, 3.05) is 11.4 Å². The third-order valence-corrected chi connectivity index (χ3v) is 3.23. The lowest BCUT2D eigenvalue weighted by Gasteiger charge is -2.18. The van der Waals surface area contributed by atoms with Gasteiger partial charge in [-0.2, -0.15) is 5.10 Å². The second-order valence-corrected chi connectivity index (χ2v) is 4.53. The zero-order valence-corrected chi connectivity index (χ0v) is 10.1. The van der Waals surface area contributed by atoms with Crippen molar-refractivity contribution in [2.24, 2.45) is 0 Å². The molecule has 0 N–H and O–H groups in total. The van der Waals surface area contributed by atoms with Crippen LogP contribution in [0.15, 0.2) is 36.4 Å². The molecule has 0 fully saturated rings. The quantitative estimate of drug-likeness (QED) is 0.815. The number of aromatic nitrogens is 2. The first-order chi connectivity index (χ1) is 8.33. The van der Waals surface area contributed by atoms with E-state index < -0.39 is 0 Å². The first-order valence-electron chi connectivity index (χ1n) is 5.64. The molecule has 0 bridgehead atoms. The van der Waals surface area contributed by atoms with Gasteiger partial charge in [0, 0.05) is 12.2 Å². The van der Waals surface area contributed by atoms with E-state index in [1.807, 2.05) is 6.07 Å². The van der Waals surface area contributed by atoms with E-state index in [9.17, 15) is 0 Å². The summed E-state index contributed by atoms with van der Waals surface area (Å²) < 4.78 is 0. The summed E-state index contributed by atoms with van der Waals surface area (Å²) >= 11 is 5.72. The van der Waals surface area contributed by atoms with E-state index in [4.69, 9.17) is 11.6 Å². The van der Waals surface area contributed by atoms with Crippen molar-refractivity contribution in [2.45, 2.75) is 13.0 Å². The van der Waals surface area contributed by atoms with Crippen LogP contribution in [-0.2, 0) is 13.0 Å². The lowest BCUT2D eigenvalue weighted by molar-refractivity contribution is 0.792. The number of fused-ring (bicyclic) bond motifs is 1. The fourth-order valence-corrected chi connectivity index (χ4v) is 2.30. The Morgan fingerprint density at radius 1 is 1.12 bits per heavy atom. The predicted molar refractivity (Wildman–Crippen MR) is 68.2 cm³/mol. The molecule has 4 heteroatoms. The summed E-state index contributed by atoms with van der Waals surface area (Å²) in [5.41, 5.74) is 3.67. The van der Waals surface area contributed by atoms with Crippen LogP contribution in [0.1, 0.15) is 11.3 Å². The summed E-state index contributed by atoms with van der Waals surface area (Å²) in [6.45, 7) is 1.84. The molecule has 3 nitrogen and oxygen atoms in total. The van der Waals surface area contributed by atoms with Gasteiger partial charge >= 0.3 is 0 Å². The lowest BCUT2D eigenvalue weighted by Crippen LogP contribution is -2.20. The van der Waals surface area contributed by atoms with Crippen molar-refractivity contribution >= 4 is 17.3 Å². The molecule has 2 heterocycles. The van der Waals surface area contributed by atoms with E-state index >= 15 is 0 Å². The van der Waals surface area contributed by atoms with E-state index in [-0.39, 0.29) is 0 Å². The van der Waals surface area contributed by atoms with Crippen LogP contribution < -0.4 is 4.90 Å². The number of nitrogens with zero attached hydrogens (tertiary/aromatic N) is 3. The Balaban J connectivity index is 1.81. The summed E-state index contributed by atoms with van der Waals surface area (Å²) in [4.78, 5) is 2.33. The molecule has 0 radical (unpaired) electrons. The number of rotatable bonds is 2. The van der Waals surface area contributed by atoms with Gasteiger partial charge in [0.1, 0.15) is 0 Å². The van der Waals surface area contributed by atoms with Gasteiger partial charge in [0.25, 0.3) is 0 Å². The molecule has 0 unspecified atom stereocenters. The van der Waals surface area contributed by atoms with Crippen molar-refractivity contribution in [1.82, 2.24) is 10.2 Å². The fourth-order valence-electron chi connectivity index (χ4n) is 2.19. The van der Waals surface area contributed by atoms with Gasteiger partial charge in [0.15, 0.2) is 5.15 Å². The van der Waals surface area contributed by atoms with Gasteiger partial charge in [-0.25, -0.2) is 0 Å². The molecule has 0 amide bonds. The second-order valence-electron chi connectivity index (χ2n) is 4.15. The smallest absolute Gasteiger partial charge is 0.151 e. The monoisotopic (exact) mass is 245 g/mol. The zero-order chi connectivity index (χ0) is 11.7. The Kier molecular flexibility index (Phi) is 2.69. The maximum atomic E-state index is 5.72. The van der Waals surface area contributed by atoms with Crippen molar-refractivity contribution in [3.05, 3.63) is 52.8 Å². The number of para-hydroxylation sites is 1. The normalized spacial score (nSPS) is 13.8. The van der Waals surface area contributed by atoms with Crippen LogP contribution in [0.3, 0.4) is 0 Å². The van der Waals surface area contributed by atoms with E-state index in [1.165, 1.54) is 11.3 Å². The Labute approximate surface area is 105 Å². The summed E-state index contributed by atoms with van der Waals surface area (Å²) in [6, 6.07) is 12.2. The first-order valence-corrected chi connectivity index (χ1v) is 6.02. The van der Waals surface area contributed by atoms with Crippen LogP contribution in [0, 0.1) is 0 Å². The lowest BCUT2D eigenvalue weighted by atomic mass is 10.2. The minimum Gasteiger partial charge on any atom is -0.365 e. The highest BCUT2D eigenvalue weighted by atomic mass is 35.5. The Morgan fingerprint density at radius 2 is 2.00 bits per heavy atom. The van der Waals surface area contributed by atoms with E-state index in [0.29, 0.717) is 5.15 Å². The summed E-state index contributed by atoms with van der Waals surface area (Å²) in [6.07, 6.45) is 1.11. The van der Waals surface area contributed by atoms with E-state index in [2.05, 4.69) is 39.4 Å². The summed E-state index contributed by atoms with van der Waals surface area (Å²) in [5, 5.41) is 8.40. The van der Waals surface area contributed by atoms with Gasteiger partial charge in [-0.3, -0.25) is 0 Å². The van der Waals surface area contributed by atoms with Crippen molar-refractivity contribution < 1.29 is 0 Å². The molecule has 0 atom stereocenters. The number of benzene rings is 1. The Hall–Kier alpha value is -1.61. The van der Waals surface area contributed by atoms with Crippen molar-refractivity contribution in [1.29, 1.82) is 0 Å². The molecule has 17 heavy (non-hydrogen) atoms. The molecule has 0 saturated carbocycles. The zero-order valence-electron chi connectivity index (χ0n) is 9.31. The van der Waals surface area contributed by atoms with Crippen LogP contribution >= 0.6 is 11.6 Å². The average Bonchev–Trinajstić information content (AvgIpc) is 2.76. The number of anilines is 1. The minimum absolute atomic E-state index is 0.440. The van der Waals surface area contributed by atoms with Gasteiger partial charge in [0.2, 0.25) is 0 Å². The van der Waals surface area contributed by atoms with Gasteiger partial charge < -0.3 is 4.90 Å². The maximum Gasteiger partial charge on any atom is 0.151 e. The molecule has 86 valence electrons.